The van der Waals surface area contributed by atoms with E-state index in [0.717, 1.165) is 32.7 Å². The number of rotatable bonds is 3. The first-order valence-electron chi connectivity index (χ1n) is 5.00. The maximum absolute atomic E-state index is 11.3. The van der Waals surface area contributed by atoms with Crippen LogP contribution in [0.15, 0.2) is 12.7 Å². The summed E-state index contributed by atoms with van der Waals surface area (Å²) in [7, 11) is 0. The third kappa shape index (κ3) is 2.84. The lowest BCUT2D eigenvalue weighted by Gasteiger charge is -2.31. The van der Waals surface area contributed by atoms with Crippen LogP contribution in [0.25, 0.3) is 0 Å². The number of amides is 1. The fraction of sp³-hybridized carbons (Fsp3) is 0.700. The summed E-state index contributed by atoms with van der Waals surface area (Å²) in [6.45, 7) is 10.6. The second-order valence-corrected chi connectivity index (χ2v) is 3.48. The smallest absolute Gasteiger partial charge is 0.222 e. The quantitative estimate of drug-likeness (QED) is 0.576. The van der Waals surface area contributed by atoms with E-state index in [1.807, 2.05) is 17.9 Å². The van der Waals surface area contributed by atoms with Gasteiger partial charge in [-0.25, -0.2) is 0 Å². The molecule has 0 unspecified atom stereocenters. The second-order valence-electron chi connectivity index (χ2n) is 3.48. The molecule has 0 bridgehead atoms. The van der Waals surface area contributed by atoms with Crippen molar-refractivity contribution in [2.24, 2.45) is 0 Å². The van der Waals surface area contributed by atoms with Gasteiger partial charge < -0.3 is 9.80 Å². The molecular weight excluding hydrogens is 164 g/mol. The van der Waals surface area contributed by atoms with E-state index >= 15 is 0 Å². The Bertz CT molecular complexity index is 183. The SMILES string of the molecule is C=CC[NH+]1CCN(C(=O)CC)CC1. The lowest BCUT2D eigenvalue weighted by Crippen LogP contribution is -3.14. The van der Waals surface area contributed by atoms with Crippen LogP contribution in [-0.4, -0.2) is 43.5 Å². The summed E-state index contributed by atoms with van der Waals surface area (Å²) in [5.74, 6) is 0.289. The highest BCUT2D eigenvalue weighted by Crippen LogP contribution is 1.93. The molecule has 1 aliphatic rings. The number of nitrogens with one attached hydrogen (secondary N) is 1. The molecule has 0 aromatic rings. The Kier molecular flexibility index (Phi) is 3.96. The molecule has 3 nitrogen and oxygen atoms in total. The van der Waals surface area contributed by atoms with Crippen LogP contribution in [0.4, 0.5) is 0 Å². The van der Waals surface area contributed by atoms with Crippen molar-refractivity contribution >= 4 is 5.91 Å². The summed E-state index contributed by atoms with van der Waals surface area (Å²) in [6, 6.07) is 0. The first-order valence-corrected chi connectivity index (χ1v) is 5.00. The van der Waals surface area contributed by atoms with E-state index in [-0.39, 0.29) is 5.91 Å². The predicted octanol–water partition coefficient (Wildman–Crippen LogP) is -0.690. The number of nitrogens with zero attached hydrogens (tertiary/aromatic N) is 1. The fourth-order valence-corrected chi connectivity index (χ4v) is 1.70. The Hall–Kier alpha value is -0.830. The number of quaternary nitrogens is 1. The third-order valence-corrected chi connectivity index (χ3v) is 2.56. The normalized spacial score (nSPS) is 18.7. The van der Waals surface area contributed by atoms with Gasteiger partial charge in [-0.3, -0.25) is 4.79 Å². The predicted molar refractivity (Wildman–Crippen MR) is 52.6 cm³/mol. The molecule has 1 heterocycles. The highest BCUT2D eigenvalue weighted by atomic mass is 16.2. The van der Waals surface area contributed by atoms with Gasteiger partial charge in [0.25, 0.3) is 0 Å². The average Bonchev–Trinajstić information content (AvgIpc) is 2.18. The van der Waals surface area contributed by atoms with E-state index in [2.05, 4.69) is 6.58 Å². The fourth-order valence-electron chi connectivity index (χ4n) is 1.70. The van der Waals surface area contributed by atoms with Gasteiger partial charge in [0, 0.05) is 6.42 Å². The van der Waals surface area contributed by atoms with Crippen molar-refractivity contribution < 1.29 is 9.69 Å². The summed E-state index contributed by atoms with van der Waals surface area (Å²) in [6.07, 6.45) is 2.59. The monoisotopic (exact) mass is 183 g/mol. The van der Waals surface area contributed by atoms with Crippen LogP contribution in [-0.2, 0) is 4.79 Å². The Labute approximate surface area is 80.0 Å². The molecule has 0 saturated carbocycles. The zero-order valence-corrected chi connectivity index (χ0v) is 8.38. The van der Waals surface area contributed by atoms with Gasteiger partial charge in [-0.05, 0) is 6.08 Å². The molecule has 0 atom stereocenters. The molecule has 0 radical (unpaired) electrons. The molecule has 1 saturated heterocycles. The van der Waals surface area contributed by atoms with Crippen LogP contribution >= 0.6 is 0 Å². The van der Waals surface area contributed by atoms with Crippen molar-refractivity contribution in [1.29, 1.82) is 0 Å². The van der Waals surface area contributed by atoms with Gasteiger partial charge in [0.05, 0.1) is 32.7 Å². The molecule has 3 heteroatoms. The molecule has 0 aromatic heterocycles. The highest BCUT2D eigenvalue weighted by Gasteiger charge is 2.21. The third-order valence-electron chi connectivity index (χ3n) is 2.56. The Morgan fingerprint density at radius 2 is 2.15 bits per heavy atom. The van der Waals surface area contributed by atoms with Gasteiger partial charge in [-0.15, -0.1) is 0 Å². The molecule has 1 fully saturated rings. The lowest BCUT2D eigenvalue weighted by atomic mass is 10.3. The van der Waals surface area contributed by atoms with E-state index < -0.39 is 0 Å². The molecule has 13 heavy (non-hydrogen) atoms. The molecule has 1 rings (SSSR count). The molecule has 0 aliphatic carbocycles. The molecule has 1 N–H and O–H groups in total. The zero-order valence-electron chi connectivity index (χ0n) is 8.38. The summed E-state index contributed by atoms with van der Waals surface area (Å²) in [4.78, 5) is 14.8. The van der Waals surface area contributed by atoms with Crippen LogP contribution in [0.2, 0.25) is 0 Å². The van der Waals surface area contributed by atoms with Crippen LogP contribution in [0.5, 0.6) is 0 Å². The molecular formula is C10H19N2O+. The van der Waals surface area contributed by atoms with E-state index in [4.69, 9.17) is 0 Å². The summed E-state index contributed by atoms with van der Waals surface area (Å²) in [5.41, 5.74) is 0. The summed E-state index contributed by atoms with van der Waals surface area (Å²) >= 11 is 0. The molecule has 1 aliphatic heterocycles. The molecule has 0 spiro atoms. The summed E-state index contributed by atoms with van der Waals surface area (Å²) in [5, 5.41) is 0. The zero-order chi connectivity index (χ0) is 9.68. The topological polar surface area (TPSA) is 24.8 Å². The Morgan fingerprint density at radius 1 is 1.54 bits per heavy atom. The van der Waals surface area contributed by atoms with Gasteiger partial charge in [0.2, 0.25) is 5.91 Å². The second kappa shape index (κ2) is 5.02. The van der Waals surface area contributed by atoms with Crippen molar-refractivity contribution in [3.63, 3.8) is 0 Å². The first-order chi connectivity index (χ1) is 6.27. The minimum absolute atomic E-state index is 0.289. The summed E-state index contributed by atoms with van der Waals surface area (Å²) < 4.78 is 0. The highest BCUT2D eigenvalue weighted by molar-refractivity contribution is 5.75. The van der Waals surface area contributed by atoms with E-state index in [9.17, 15) is 4.79 Å². The van der Waals surface area contributed by atoms with Gasteiger partial charge in [-0.2, -0.15) is 0 Å². The van der Waals surface area contributed by atoms with Crippen molar-refractivity contribution in [2.75, 3.05) is 32.7 Å². The minimum Gasteiger partial charge on any atom is -0.331 e. The van der Waals surface area contributed by atoms with Gasteiger partial charge in [0.15, 0.2) is 0 Å². The van der Waals surface area contributed by atoms with Gasteiger partial charge in [-0.1, -0.05) is 13.5 Å². The van der Waals surface area contributed by atoms with Crippen LogP contribution in [0.1, 0.15) is 13.3 Å². The molecule has 1 amide bonds. The van der Waals surface area contributed by atoms with Crippen LogP contribution in [0.3, 0.4) is 0 Å². The standard InChI is InChI=1S/C10H18N2O/c1-3-5-11-6-8-12(9-7-11)10(13)4-2/h3H,1,4-9H2,2H3/p+1. The molecule has 74 valence electrons. The Balaban J connectivity index is 2.30. The lowest BCUT2D eigenvalue weighted by molar-refractivity contribution is -0.898. The average molecular weight is 183 g/mol. The van der Waals surface area contributed by atoms with Crippen molar-refractivity contribution in [3.8, 4) is 0 Å². The van der Waals surface area contributed by atoms with Crippen molar-refractivity contribution in [3.05, 3.63) is 12.7 Å². The minimum atomic E-state index is 0.289. The maximum atomic E-state index is 11.3. The van der Waals surface area contributed by atoms with Crippen LogP contribution < -0.4 is 4.90 Å². The first kappa shape index (κ1) is 10.3. The number of piperazine rings is 1. The van der Waals surface area contributed by atoms with Crippen molar-refractivity contribution in [2.45, 2.75) is 13.3 Å². The number of hydrogen-bond donors (Lipinski definition) is 1. The maximum Gasteiger partial charge on any atom is 0.222 e. The van der Waals surface area contributed by atoms with Crippen LogP contribution in [0, 0.1) is 0 Å². The van der Waals surface area contributed by atoms with Gasteiger partial charge >= 0.3 is 0 Å². The molecule has 0 aromatic carbocycles. The number of hydrogen-bond acceptors (Lipinski definition) is 1. The van der Waals surface area contributed by atoms with E-state index in [1.54, 1.807) is 0 Å². The number of carbonyl (C=O) groups is 1. The van der Waals surface area contributed by atoms with E-state index in [1.165, 1.54) is 4.90 Å². The largest absolute Gasteiger partial charge is 0.331 e. The van der Waals surface area contributed by atoms with Crippen molar-refractivity contribution in [1.82, 2.24) is 4.90 Å². The Morgan fingerprint density at radius 3 is 2.62 bits per heavy atom. The number of carbonyl (C=O) groups excluding carboxylic acids is 1. The van der Waals surface area contributed by atoms with E-state index in [0.29, 0.717) is 6.42 Å². The van der Waals surface area contributed by atoms with Gasteiger partial charge in [0.1, 0.15) is 0 Å².